The molecule has 0 saturated heterocycles. The second-order valence-electron chi connectivity index (χ2n) is 4.15. The molecule has 0 radical (unpaired) electrons. The van der Waals surface area contributed by atoms with Crippen LogP contribution in [0, 0.1) is 6.92 Å². The first-order chi connectivity index (χ1) is 9.24. The summed E-state index contributed by atoms with van der Waals surface area (Å²) in [7, 11) is 0. The van der Waals surface area contributed by atoms with Crippen molar-refractivity contribution in [2.45, 2.75) is 13.5 Å². The molecule has 1 N–H and O–H groups in total. The number of furan rings is 1. The van der Waals surface area contributed by atoms with Crippen LogP contribution in [0.2, 0.25) is 0 Å². The van der Waals surface area contributed by atoms with Crippen LogP contribution in [0.3, 0.4) is 0 Å². The van der Waals surface area contributed by atoms with E-state index < -0.39 is 0 Å². The Kier molecular flexibility index (Phi) is 2.75. The number of aryl methyl sites for hydroxylation is 1. The molecular formula is C13H12N4O2. The van der Waals surface area contributed by atoms with E-state index in [-0.39, 0.29) is 5.91 Å². The standard InChI is InChI=1S/C13H12N4O2/c1-9-7-12-14-5-4-11(17(12)16-9)13(18)15-8-10-3-2-6-19-10/h2-7H,8H2,1H3,(H,15,18). The van der Waals surface area contributed by atoms with Crippen molar-refractivity contribution in [3.05, 3.63) is 53.9 Å². The molecule has 0 aliphatic carbocycles. The van der Waals surface area contributed by atoms with Crippen LogP contribution in [0.25, 0.3) is 5.65 Å². The zero-order chi connectivity index (χ0) is 13.2. The van der Waals surface area contributed by atoms with Gasteiger partial charge < -0.3 is 9.73 Å². The summed E-state index contributed by atoms with van der Waals surface area (Å²) in [4.78, 5) is 16.3. The fourth-order valence-electron chi connectivity index (χ4n) is 1.85. The average Bonchev–Trinajstić information content (AvgIpc) is 3.02. The fourth-order valence-corrected chi connectivity index (χ4v) is 1.85. The van der Waals surface area contributed by atoms with Gasteiger partial charge in [0.2, 0.25) is 0 Å². The van der Waals surface area contributed by atoms with Gasteiger partial charge in [0.05, 0.1) is 18.5 Å². The predicted octanol–water partition coefficient (Wildman–Crippen LogP) is 1.56. The third kappa shape index (κ3) is 2.20. The number of carbonyl (C=O) groups is 1. The molecule has 0 aliphatic rings. The molecule has 0 saturated carbocycles. The second kappa shape index (κ2) is 4.56. The third-order valence-corrected chi connectivity index (χ3v) is 2.72. The van der Waals surface area contributed by atoms with Gasteiger partial charge in [-0.15, -0.1) is 0 Å². The fraction of sp³-hybridized carbons (Fsp3) is 0.154. The maximum absolute atomic E-state index is 12.1. The average molecular weight is 256 g/mol. The molecule has 0 bridgehead atoms. The molecule has 0 fully saturated rings. The lowest BCUT2D eigenvalue weighted by atomic mass is 10.3. The van der Waals surface area contributed by atoms with Gasteiger partial charge in [0.15, 0.2) is 5.65 Å². The summed E-state index contributed by atoms with van der Waals surface area (Å²) in [6.07, 6.45) is 3.17. The van der Waals surface area contributed by atoms with Crippen molar-refractivity contribution in [3.8, 4) is 0 Å². The van der Waals surface area contributed by atoms with E-state index in [0.29, 0.717) is 23.6 Å². The summed E-state index contributed by atoms with van der Waals surface area (Å²) in [6.45, 7) is 2.20. The molecule has 6 heteroatoms. The molecular weight excluding hydrogens is 244 g/mol. The molecule has 6 nitrogen and oxygen atoms in total. The van der Waals surface area contributed by atoms with Crippen molar-refractivity contribution in [3.63, 3.8) is 0 Å². The summed E-state index contributed by atoms with van der Waals surface area (Å²) < 4.78 is 6.70. The number of hydrogen-bond acceptors (Lipinski definition) is 4. The second-order valence-corrected chi connectivity index (χ2v) is 4.15. The molecule has 1 amide bonds. The van der Waals surface area contributed by atoms with Crippen LogP contribution in [0.15, 0.2) is 41.1 Å². The highest BCUT2D eigenvalue weighted by molar-refractivity contribution is 5.92. The molecule has 0 unspecified atom stereocenters. The summed E-state index contributed by atoms with van der Waals surface area (Å²) in [6, 6.07) is 7.05. The third-order valence-electron chi connectivity index (χ3n) is 2.72. The van der Waals surface area contributed by atoms with Crippen LogP contribution in [-0.2, 0) is 6.54 Å². The van der Waals surface area contributed by atoms with Crippen LogP contribution >= 0.6 is 0 Å². The molecule has 0 atom stereocenters. The first-order valence-corrected chi connectivity index (χ1v) is 5.86. The Morgan fingerprint density at radius 2 is 2.37 bits per heavy atom. The van der Waals surface area contributed by atoms with Crippen LogP contribution in [0.5, 0.6) is 0 Å². The van der Waals surface area contributed by atoms with E-state index in [1.165, 1.54) is 4.52 Å². The van der Waals surface area contributed by atoms with E-state index in [4.69, 9.17) is 4.42 Å². The lowest BCUT2D eigenvalue weighted by Crippen LogP contribution is -2.25. The lowest BCUT2D eigenvalue weighted by molar-refractivity contribution is 0.0940. The SMILES string of the molecule is Cc1cc2nccc(C(=O)NCc3ccco3)n2n1. The van der Waals surface area contributed by atoms with Crippen LogP contribution < -0.4 is 5.32 Å². The molecule has 3 aromatic heterocycles. The minimum absolute atomic E-state index is 0.216. The number of nitrogens with zero attached hydrogens (tertiary/aromatic N) is 3. The van der Waals surface area contributed by atoms with E-state index >= 15 is 0 Å². The molecule has 3 aromatic rings. The summed E-state index contributed by atoms with van der Waals surface area (Å²) in [5.41, 5.74) is 1.92. The summed E-state index contributed by atoms with van der Waals surface area (Å²) in [5.74, 6) is 0.488. The molecule has 3 heterocycles. The Bertz CT molecular complexity index is 715. The van der Waals surface area contributed by atoms with Gasteiger partial charge in [-0.25, -0.2) is 9.50 Å². The van der Waals surface area contributed by atoms with Gasteiger partial charge in [0, 0.05) is 12.3 Å². The van der Waals surface area contributed by atoms with Gasteiger partial charge in [0.25, 0.3) is 5.91 Å². The molecule has 0 spiro atoms. The molecule has 3 rings (SSSR count). The van der Waals surface area contributed by atoms with Crippen molar-refractivity contribution in [1.29, 1.82) is 0 Å². The zero-order valence-electron chi connectivity index (χ0n) is 10.3. The highest BCUT2D eigenvalue weighted by Gasteiger charge is 2.12. The largest absolute Gasteiger partial charge is 0.467 e. The number of amides is 1. The quantitative estimate of drug-likeness (QED) is 0.771. The monoisotopic (exact) mass is 256 g/mol. The van der Waals surface area contributed by atoms with Crippen LogP contribution in [0.1, 0.15) is 21.9 Å². The smallest absolute Gasteiger partial charge is 0.270 e. The van der Waals surface area contributed by atoms with Crippen LogP contribution in [0.4, 0.5) is 0 Å². The lowest BCUT2D eigenvalue weighted by Gasteiger charge is -2.04. The summed E-state index contributed by atoms with van der Waals surface area (Å²) >= 11 is 0. The first kappa shape index (κ1) is 11.5. The van der Waals surface area contributed by atoms with Gasteiger partial charge in [0.1, 0.15) is 11.5 Å². The Morgan fingerprint density at radius 3 is 3.16 bits per heavy atom. The van der Waals surface area contributed by atoms with Crippen molar-refractivity contribution in [2.24, 2.45) is 0 Å². The minimum Gasteiger partial charge on any atom is -0.467 e. The van der Waals surface area contributed by atoms with E-state index in [2.05, 4.69) is 15.4 Å². The summed E-state index contributed by atoms with van der Waals surface area (Å²) in [5, 5.41) is 7.03. The van der Waals surface area contributed by atoms with Gasteiger partial charge in [-0.3, -0.25) is 4.79 Å². The Labute approximate surface area is 109 Å². The predicted molar refractivity (Wildman–Crippen MR) is 67.6 cm³/mol. The Morgan fingerprint density at radius 1 is 1.47 bits per heavy atom. The number of fused-ring (bicyclic) bond motifs is 1. The van der Waals surface area contributed by atoms with Crippen molar-refractivity contribution in [1.82, 2.24) is 19.9 Å². The van der Waals surface area contributed by atoms with Crippen molar-refractivity contribution >= 4 is 11.6 Å². The zero-order valence-corrected chi connectivity index (χ0v) is 10.3. The number of nitrogens with one attached hydrogen (secondary N) is 1. The van der Waals surface area contributed by atoms with Crippen molar-refractivity contribution < 1.29 is 9.21 Å². The highest BCUT2D eigenvalue weighted by atomic mass is 16.3. The van der Waals surface area contributed by atoms with E-state index in [0.717, 1.165) is 5.69 Å². The van der Waals surface area contributed by atoms with Gasteiger partial charge in [-0.05, 0) is 25.1 Å². The maximum atomic E-state index is 12.1. The normalized spacial score (nSPS) is 10.8. The Hall–Kier alpha value is -2.63. The van der Waals surface area contributed by atoms with Gasteiger partial charge in [-0.2, -0.15) is 5.10 Å². The molecule has 0 aliphatic heterocycles. The van der Waals surface area contributed by atoms with Crippen molar-refractivity contribution in [2.75, 3.05) is 0 Å². The van der Waals surface area contributed by atoms with E-state index in [1.54, 1.807) is 30.7 Å². The van der Waals surface area contributed by atoms with E-state index in [1.807, 2.05) is 13.0 Å². The topological polar surface area (TPSA) is 72.4 Å². The number of aromatic nitrogens is 3. The number of carbonyl (C=O) groups excluding carboxylic acids is 1. The Balaban J connectivity index is 1.85. The van der Waals surface area contributed by atoms with Crippen LogP contribution in [-0.4, -0.2) is 20.5 Å². The molecule has 0 aromatic carbocycles. The van der Waals surface area contributed by atoms with Gasteiger partial charge >= 0.3 is 0 Å². The van der Waals surface area contributed by atoms with E-state index in [9.17, 15) is 4.79 Å². The highest BCUT2D eigenvalue weighted by Crippen LogP contribution is 2.07. The number of rotatable bonds is 3. The number of hydrogen-bond donors (Lipinski definition) is 1. The first-order valence-electron chi connectivity index (χ1n) is 5.86. The molecule has 96 valence electrons. The van der Waals surface area contributed by atoms with Gasteiger partial charge in [-0.1, -0.05) is 0 Å². The maximum Gasteiger partial charge on any atom is 0.270 e. The minimum atomic E-state index is -0.216. The molecule has 19 heavy (non-hydrogen) atoms.